The number of hydrogen-bond acceptors (Lipinski definition) is 3. The van der Waals surface area contributed by atoms with E-state index < -0.39 is 0 Å². The van der Waals surface area contributed by atoms with Crippen molar-refractivity contribution in [2.45, 2.75) is 26.4 Å². The standard InChI is InChI=1S/C14H21N3/c1-12(2)17(3)8-7-16-11-14-6-4-5-13(9-14)10-15/h4-6,9,12,16H,7-8,11H2,1-3H3. The molecule has 0 aliphatic rings. The third-order valence-corrected chi connectivity index (χ3v) is 2.91. The van der Waals surface area contributed by atoms with Gasteiger partial charge >= 0.3 is 0 Å². The summed E-state index contributed by atoms with van der Waals surface area (Å²) in [6.07, 6.45) is 0. The van der Waals surface area contributed by atoms with Crippen molar-refractivity contribution in [1.82, 2.24) is 10.2 Å². The second-order valence-corrected chi connectivity index (χ2v) is 4.56. The zero-order valence-corrected chi connectivity index (χ0v) is 10.9. The van der Waals surface area contributed by atoms with Crippen molar-refractivity contribution < 1.29 is 0 Å². The number of benzene rings is 1. The van der Waals surface area contributed by atoms with E-state index in [-0.39, 0.29) is 0 Å². The van der Waals surface area contributed by atoms with Gasteiger partial charge < -0.3 is 10.2 Å². The lowest BCUT2D eigenvalue weighted by Gasteiger charge is -2.20. The fraction of sp³-hybridized carbons (Fsp3) is 0.500. The molecule has 1 N–H and O–H groups in total. The first kappa shape index (κ1) is 13.7. The molecule has 0 heterocycles. The van der Waals surface area contributed by atoms with E-state index >= 15 is 0 Å². The van der Waals surface area contributed by atoms with Crippen LogP contribution in [-0.4, -0.2) is 31.1 Å². The van der Waals surface area contributed by atoms with Crippen LogP contribution in [0.1, 0.15) is 25.0 Å². The van der Waals surface area contributed by atoms with Crippen molar-refractivity contribution in [1.29, 1.82) is 5.26 Å². The molecule has 1 aromatic carbocycles. The summed E-state index contributed by atoms with van der Waals surface area (Å²) in [6, 6.07) is 10.5. The van der Waals surface area contributed by atoms with Gasteiger partial charge in [0.1, 0.15) is 0 Å². The Morgan fingerprint density at radius 3 is 2.82 bits per heavy atom. The molecule has 0 bridgehead atoms. The summed E-state index contributed by atoms with van der Waals surface area (Å²) in [4.78, 5) is 2.30. The molecule has 0 fully saturated rings. The van der Waals surface area contributed by atoms with Gasteiger partial charge in [-0.3, -0.25) is 0 Å². The average Bonchev–Trinajstić information content (AvgIpc) is 2.34. The van der Waals surface area contributed by atoms with E-state index in [9.17, 15) is 0 Å². The van der Waals surface area contributed by atoms with Crippen molar-refractivity contribution in [3.05, 3.63) is 35.4 Å². The normalized spacial score (nSPS) is 10.8. The van der Waals surface area contributed by atoms with Gasteiger partial charge in [0.25, 0.3) is 0 Å². The minimum absolute atomic E-state index is 0.582. The Kier molecular flexibility index (Phi) is 5.68. The Labute approximate surface area is 104 Å². The molecule has 3 heteroatoms. The molecule has 0 spiro atoms. The molecule has 0 radical (unpaired) electrons. The van der Waals surface area contributed by atoms with Crippen LogP contribution < -0.4 is 5.32 Å². The van der Waals surface area contributed by atoms with Gasteiger partial charge in [0, 0.05) is 25.7 Å². The summed E-state index contributed by atoms with van der Waals surface area (Å²) >= 11 is 0. The van der Waals surface area contributed by atoms with Crippen molar-refractivity contribution in [3.63, 3.8) is 0 Å². The van der Waals surface area contributed by atoms with Gasteiger partial charge in [0.15, 0.2) is 0 Å². The highest BCUT2D eigenvalue weighted by Crippen LogP contribution is 2.03. The highest BCUT2D eigenvalue weighted by molar-refractivity contribution is 5.32. The van der Waals surface area contributed by atoms with E-state index in [1.54, 1.807) is 0 Å². The van der Waals surface area contributed by atoms with E-state index in [0.717, 1.165) is 30.8 Å². The van der Waals surface area contributed by atoms with Crippen LogP contribution in [-0.2, 0) is 6.54 Å². The predicted octanol–water partition coefficient (Wildman–Crippen LogP) is 1.99. The maximum atomic E-state index is 8.79. The second kappa shape index (κ2) is 7.05. The van der Waals surface area contributed by atoms with Gasteiger partial charge in [0.2, 0.25) is 0 Å². The molecule has 0 unspecified atom stereocenters. The first-order chi connectivity index (χ1) is 8.13. The van der Waals surface area contributed by atoms with Crippen molar-refractivity contribution >= 4 is 0 Å². The quantitative estimate of drug-likeness (QED) is 0.761. The maximum absolute atomic E-state index is 8.79. The Balaban J connectivity index is 2.29. The van der Waals surface area contributed by atoms with Crippen molar-refractivity contribution in [2.75, 3.05) is 20.1 Å². The molecule has 17 heavy (non-hydrogen) atoms. The molecule has 0 aliphatic heterocycles. The van der Waals surface area contributed by atoms with E-state index in [0.29, 0.717) is 6.04 Å². The van der Waals surface area contributed by atoms with Gasteiger partial charge in [-0.2, -0.15) is 5.26 Å². The topological polar surface area (TPSA) is 39.1 Å². The summed E-state index contributed by atoms with van der Waals surface area (Å²) in [7, 11) is 2.13. The van der Waals surface area contributed by atoms with Crippen LogP contribution in [0, 0.1) is 11.3 Å². The third-order valence-electron chi connectivity index (χ3n) is 2.91. The summed E-state index contributed by atoms with van der Waals surface area (Å²) in [6.45, 7) is 7.20. The predicted molar refractivity (Wildman–Crippen MR) is 70.6 cm³/mol. The van der Waals surface area contributed by atoms with Crippen LogP contribution in [0.3, 0.4) is 0 Å². The lowest BCUT2D eigenvalue weighted by atomic mass is 10.1. The molecular formula is C14H21N3. The molecular weight excluding hydrogens is 210 g/mol. The summed E-state index contributed by atoms with van der Waals surface area (Å²) in [5.74, 6) is 0. The molecule has 0 atom stereocenters. The summed E-state index contributed by atoms with van der Waals surface area (Å²) < 4.78 is 0. The molecule has 0 saturated carbocycles. The molecule has 1 rings (SSSR count). The van der Waals surface area contributed by atoms with Gasteiger partial charge in [-0.15, -0.1) is 0 Å². The Hall–Kier alpha value is -1.37. The number of nitrogens with zero attached hydrogens (tertiary/aromatic N) is 2. The maximum Gasteiger partial charge on any atom is 0.0991 e. The molecule has 1 aromatic rings. The largest absolute Gasteiger partial charge is 0.311 e. The first-order valence-corrected chi connectivity index (χ1v) is 6.03. The minimum atomic E-state index is 0.582. The molecule has 3 nitrogen and oxygen atoms in total. The van der Waals surface area contributed by atoms with Gasteiger partial charge in [-0.1, -0.05) is 12.1 Å². The fourth-order valence-electron chi connectivity index (χ4n) is 1.50. The molecule has 0 amide bonds. The number of hydrogen-bond donors (Lipinski definition) is 1. The van der Waals surface area contributed by atoms with Crippen LogP contribution in [0.5, 0.6) is 0 Å². The smallest absolute Gasteiger partial charge is 0.0991 e. The van der Waals surface area contributed by atoms with Crippen molar-refractivity contribution in [2.24, 2.45) is 0 Å². The SMILES string of the molecule is CC(C)N(C)CCNCc1cccc(C#N)c1. The summed E-state index contributed by atoms with van der Waals surface area (Å²) in [5, 5.41) is 12.2. The van der Waals surface area contributed by atoms with Crippen molar-refractivity contribution in [3.8, 4) is 6.07 Å². The van der Waals surface area contributed by atoms with Gasteiger partial charge in [0.05, 0.1) is 11.6 Å². The zero-order chi connectivity index (χ0) is 12.7. The van der Waals surface area contributed by atoms with Crippen LogP contribution in [0.4, 0.5) is 0 Å². The van der Waals surface area contributed by atoms with E-state index in [2.05, 4.69) is 37.2 Å². The first-order valence-electron chi connectivity index (χ1n) is 6.03. The van der Waals surface area contributed by atoms with Crippen LogP contribution in [0.15, 0.2) is 24.3 Å². The van der Waals surface area contributed by atoms with E-state index in [4.69, 9.17) is 5.26 Å². The second-order valence-electron chi connectivity index (χ2n) is 4.56. The summed E-state index contributed by atoms with van der Waals surface area (Å²) in [5.41, 5.74) is 1.89. The Morgan fingerprint density at radius 1 is 1.41 bits per heavy atom. The number of nitrogens with one attached hydrogen (secondary N) is 1. The molecule has 0 aromatic heterocycles. The number of likely N-dealkylation sites (N-methyl/N-ethyl adjacent to an activating group) is 1. The van der Waals surface area contributed by atoms with Crippen LogP contribution in [0.2, 0.25) is 0 Å². The van der Waals surface area contributed by atoms with Crippen LogP contribution >= 0.6 is 0 Å². The Morgan fingerprint density at radius 2 is 2.18 bits per heavy atom. The number of rotatable bonds is 6. The average molecular weight is 231 g/mol. The number of nitriles is 1. The monoisotopic (exact) mass is 231 g/mol. The van der Waals surface area contributed by atoms with Gasteiger partial charge in [-0.25, -0.2) is 0 Å². The lowest BCUT2D eigenvalue weighted by Crippen LogP contribution is -2.33. The molecule has 0 saturated heterocycles. The highest BCUT2D eigenvalue weighted by atomic mass is 15.1. The van der Waals surface area contributed by atoms with E-state index in [1.165, 1.54) is 0 Å². The van der Waals surface area contributed by atoms with Gasteiger partial charge in [-0.05, 0) is 38.6 Å². The van der Waals surface area contributed by atoms with Crippen LogP contribution in [0.25, 0.3) is 0 Å². The van der Waals surface area contributed by atoms with E-state index in [1.807, 2.05) is 24.3 Å². The minimum Gasteiger partial charge on any atom is -0.311 e. The lowest BCUT2D eigenvalue weighted by molar-refractivity contribution is 0.273. The Bertz CT molecular complexity index is 379. The highest BCUT2D eigenvalue weighted by Gasteiger charge is 2.01. The molecule has 0 aliphatic carbocycles. The fourth-order valence-corrected chi connectivity index (χ4v) is 1.50. The third kappa shape index (κ3) is 4.99. The molecule has 92 valence electrons. The zero-order valence-electron chi connectivity index (χ0n) is 10.9.